The average molecular weight is 364 g/mol. The Labute approximate surface area is 146 Å². The van der Waals surface area contributed by atoms with Gasteiger partial charge in [0, 0.05) is 6.07 Å². The van der Waals surface area contributed by atoms with E-state index in [0.29, 0.717) is 0 Å². The molecule has 7 nitrogen and oxygen atoms in total. The van der Waals surface area contributed by atoms with Crippen LogP contribution >= 0.6 is 0 Å². The summed E-state index contributed by atoms with van der Waals surface area (Å²) in [5.74, 6) is -3.98. The second-order valence-electron chi connectivity index (χ2n) is 4.98. The second-order valence-corrected chi connectivity index (χ2v) is 4.98. The van der Waals surface area contributed by atoms with Gasteiger partial charge in [-0.1, -0.05) is 12.1 Å². The summed E-state index contributed by atoms with van der Waals surface area (Å²) in [6.07, 6.45) is 0. The number of primary amides is 1. The number of nitrogens with one attached hydrogen (secondary N) is 1. The van der Waals surface area contributed by atoms with Crippen LogP contribution in [0.1, 0.15) is 10.4 Å². The zero-order valence-corrected chi connectivity index (χ0v) is 13.3. The van der Waals surface area contributed by atoms with Crippen LogP contribution in [0.4, 0.5) is 14.5 Å². The summed E-state index contributed by atoms with van der Waals surface area (Å²) in [7, 11) is 0. The first-order chi connectivity index (χ1) is 12.4. The third-order valence-corrected chi connectivity index (χ3v) is 3.06. The smallest absolute Gasteiger partial charge is 0.344 e. The van der Waals surface area contributed by atoms with E-state index in [1.165, 1.54) is 12.1 Å². The summed E-state index contributed by atoms with van der Waals surface area (Å²) in [6.45, 7) is -1.30. The molecule has 0 spiro atoms. The predicted octanol–water partition coefficient (Wildman–Crippen LogP) is 1.62. The summed E-state index contributed by atoms with van der Waals surface area (Å²) in [4.78, 5) is 34.4. The number of carbonyl (C=O) groups excluding carboxylic acids is 3. The number of ether oxygens (including phenoxy) is 2. The van der Waals surface area contributed by atoms with Gasteiger partial charge in [0.1, 0.15) is 17.4 Å². The number of carbonyl (C=O) groups is 3. The van der Waals surface area contributed by atoms with Gasteiger partial charge >= 0.3 is 5.97 Å². The van der Waals surface area contributed by atoms with Gasteiger partial charge in [0.25, 0.3) is 11.8 Å². The van der Waals surface area contributed by atoms with E-state index < -0.39 is 42.6 Å². The molecular formula is C17H14F2N2O5. The van der Waals surface area contributed by atoms with E-state index in [1.807, 2.05) is 0 Å². The maximum Gasteiger partial charge on any atom is 0.344 e. The van der Waals surface area contributed by atoms with Crippen LogP contribution in [0, 0.1) is 11.6 Å². The third-order valence-electron chi connectivity index (χ3n) is 3.06. The summed E-state index contributed by atoms with van der Waals surface area (Å²) in [6, 6.07) is 8.54. The van der Waals surface area contributed by atoms with E-state index in [4.69, 9.17) is 10.5 Å². The highest BCUT2D eigenvalue weighted by atomic mass is 19.1. The topological polar surface area (TPSA) is 108 Å². The van der Waals surface area contributed by atoms with E-state index in [9.17, 15) is 23.2 Å². The van der Waals surface area contributed by atoms with Crippen LogP contribution in [0.3, 0.4) is 0 Å². The van der Waals surface area contributed by atoms with Gasteiger partial charge in [-0.25, -0.2) is 13.6 Å². The quantitative estimate of drug-likeness (QED) is 0.726. The highest BCUT2D eigenvalue weighted by Crippen LogP contribution is 2.17. The molecule has 0 unspecified atom stereocenters. The first-order valence-electron chi connectivity index (χ1n) is 7.29. The molecule has 0 aromatic heterocycles. The lowest BCUT2D eigenvalue weighted by atomic mass is 10.2. The molecule has 0 fully saturated rings. The summed E-state index contributed by atoms with van der Waals surface area (Å²) in [5.41, 5.74) is 4.88. The maximum atomic E-state index is 13.4. The minimum atomic E-state index is -0.904. The fraction of sp³-hybridized carbons (Fsp3) is 0.118. The highest BCUT2D eigenvalue weighted by molar-refractivity contribution is 5.95. The van der Waals surface area contributed by atoms with Crippen molar-refractivity contribution in [2.45, 2.75) is 0 Å². The van der Waals surface area contributed by atoms with Gasteiger partial charge in [0.2, 0.25) is 0 Å². The monoisotopic (exact) mass is 364 g/mol. The number of rotatable bonds is 7. The molecule has 0 heterocycles. The van der Waals surface area contributed by atoms with Crippen molar-refractivity contribution in [3.05, 3.63) is 59.7 Å². The molecule has 0 radical (unpaired) electrons. The van der Waals surface area contributed by atoms with Crippen LogP contribution in [0.15, 0.2) is 42.5 Å². The molecule has 2 aromatic rings. The van der Waals surface area contributed by atoms with Crippen molar-refractivity contribution >= 4 is 23.5 Å². The van der Waals surface area contributed by atoms with Crippen molar-refractivity contribution in [2.75, 3.05) is 18.5 Å². The van der Waals surface area contributed by atoms with Crippen molar-refractivity contribution < 1.29 is 32.6 Å². The van der Waals surface area contributed by atoms with Crippen molar-refractivity contribution in [1.29, 1.82) is 0 Å². The fourth-order valence-electron chi connectivity index (χ4n) is 1.90. The van der Waals surface area contributed by atoms with E-state index in [2.05, 4.69) is 10.1 Å². The normalized spacial score (nSPS) is 10.1. The minimum Gasteiger partial charge on any atom is -0.481 e. The van der Waals surface area contributed by atoms with Crippen LogP contribution in [0.2, 0.25) is 0 Å². The Morgan fingerprint density at radius 2 is 1.77 bits per heavy atom. The molecule has 26 heavy (non-hydrogen) atoms. The van der Waals surface area contributed by atoms with E-state index in [-0.39, 0.29) is 17.0 Å². The third kappa shape index (κ3) is 5.26. The van der Waals surface area contributed by atoms with Gasteiger partial charge in [0.15, 0.2) is 13.2 Å². The largest absolute Gasteiger partial charge is 0.481 e. The Morgan fingerprint density at radius 1 is 1.04 bits per heavy atom. The maximum absolute atomic E-state index is 13.4. The van der Waals surface area contributed by atoms with Crippen LogP contribution in [0.25, 0.3) is 0 Å². The van der Waals surface area contributed by atoms with Gasteiger partial charge in [-0.3, -0.25) is 9.59 Å². The Balaban J connectivity index is 1.82. The van der Waals surface area contributed by atoms with Gasteiger partial charge in [-0.05, 0) is 24.3 Å². The number of nitrogens with two attached hydrogens (primary N) is 1. The van der Waals surface area contributed by atoms with Gasteiger partial charge < -0.3 is 20.5 Å². The van der Waals surface area contributed by atoms with Gasteiger partial charge in [-0.15, -0.1) is 0 Å². The van der Waals surface area contributed by atoms with Crippen LogP contribution in [-0.4, -0.2) is 31.0 Å². The van der Waals surface area contributed by atoms with Crippen molar-refractivity contribution in [3.63, 3.8) is 0 Å². The molecule has 136 valence electrons. The zero-order valence-electron chi connectivity index (χ0n) is 13.3. The fourth-order valence-corrected chi connectivity index (χ4v) is 1.90. The molecule has 0 aliphatic carbocycles. The SMILES string of the molecule is NC(=O)c1ccccc1OCC(=O)OCC(=O)Nc1cc(F)ccc1F. The van der Waals surface area contributed by atoms with Crippen LogP contribution < -0.4 is 15.8 Å². The Hall–Kier alpha value is -3.49. The summed E-state index contributed by atoms with van der Waals surface area (Å²) >= 11 is 0. The minimum absolute atomic E-state index is 0.0830. The number of amides is 2. The van der Waals surface area contributed by atoms with Crippen molar-refractivity contribution in [1.82, 2.24) is 0 Å². The average Bonchev–Trinajstić information content (AvgIpc) is 2.61. The molecule has 0 saturated carbocycles. The van der Waals surface area contributed by atoms with Crippen LogP contribution in [-0.2, 0) is 14.3 Å². The standard InChI is InChI=1S/C17H14F2N2O5/c18-10-5-6-12(19)13(7-10)21-15(22)8-26-16(23)9-25-14-4-2-1-3-11(14)17(20)24/h1-7H,8-9H2,(H2,20,24)(H,21,22). The number of hydrogen-bond donors (Lipinski definition) is 2. The van der Waals surface area contributed by atoms with E-state index in [0.717, 1.165) is 18.2 Å². The Bertz CT molecular complexity index is 842. The lowest BCUT2D eigenvalue weighted by Gasteiger charge is -2.10. The molecule has 0 aliphatic rings. The van der Waals surface area contributed by atoms with E-state index >= 15 is 0 Å². The predicted molar refractivity (Wildman–Crippen MR) is 86.4 cm³/mol. The van der Waals surface area contributed by atoms with Crippen molar-refractivity contribution in [2.24, 2.45) is 5.73 Å². The first kappa shape index (κ1) is 18.8. The van der Waals surface area contributed by atoms with Gasteiger partial charge in [-0.2, -0.15) is 0 Å². The molecule has 0 bridgehead atoms. The molecule has 2 aromatic carbocycles. The number of halogens is 2. The molecule has 0 saturated heterocycles. The number of para-hydroxylation sites is 1. The number of anilines is 1. The number of hydrogen-bond acceptors (Lipinski definition) is 5. The number of esters is 1. The van der Waals surface area contributed by atoms with E-state index in [1.54, 1.807) is 12.1 Å². The molecule has 2 rings (SSSR count). The lowest BCUT2D eigenvalue weighted by Crippen LogP contribution is -2.24. The Kier molecular flexibility index (Phi) is 6.20. The molecule has 9 heteroatoms. The summed E-state index contributed by atoms with van der Waals surface area (Å²) in [5, 5.41) is 2.07. The molecule has 3 N–H and O–H groups in total. The van der Waals surface area contributed by atoms with Crippen molar-refractivity contribution in [3.8, 4) is 5.75 Å². The number of benzene rings is 2. The van der Waals surface area contributed by atoms with Gasteiger partial charge in [0.05, 0.1) is 11.3 Å². The zero-order chi connectivity index (χ0) is 19.1. The molecular weight excluding hydrogens is 350 g/mol. The second kappa shape index (κ2) is 8.56. The molecule has 0 aliphatic heterocycles. The van der Waals surface area contributed by atoms with Crippen LogP contribution in [0.5, 0.6) is 5.75 Å². The Morgan fingerprint density at radius 3 is 2.50 bits per heavy atom. The highest BCUT2D eigenvalue weighted by Gasteiger charge is 2.13. The molecule has 2 amide bonds. The summed E-state index contributed by atoms with van der Waals surface area (Å²) < 4.78 is 36.2. The lowest BCUT2D eigenvalue weighted by molar-refractivity contribution is -0.149. The first-order valence-corrected chi connectivity index (χ1v) is 7.29. The molecule has 0 atom stereocenters.